The van der Waals surface area contributed by atoms with Gasteiger partial charge in [0.1, 0.15) is 4.21 Å². The molecule has 1 N–H and O–H groups in total. The van der Waals surface area contributed by atoms with Gasteiger partial charge in [0.05, 0.1) is 0 Å². The summed E-state index contributed by atoms with van der Waals surface area (Å²) < 4.78 is 31.5. The molecule has 18 heavy (non-hydrogen) atoms. The summed E-state index contributed by atoms with van der Waals surface area (Å²) >= 11 is 1.22. The van der Waals surface area contributed by atoms with E-state index in [4.69, 9.17) is 4.52 Å². The van der Waals surface area contributed by atoms with Crippen molar-refractivity contribution in [1.82, 2.24) is 10.1 Å². The van der Waals surface area contributed by atoms with Crippen LogP contribution in [0, 0.1) is 13.8 Å². The molecule has 8 heteroatoms. The largest absolute Gasteiger partial charge is 0.337 e. The lowest BCUT2D eigenvalue weighted by Crippen LogP contribution is -2.12. The van der Waals surface area contributed by atoms with Gasteiger partial charge in [-0.25, -0.2) is 13.1 Å². The minimum Gasteiger partial charge on any atom is -0.337 e. The molecule has 0 amide bonds. The van der Waals surface area contributed by atoms with E-state index in [0.29, 0.717) is 12.3 Å². The fourth-order valence-electron chi connectivity index (χ4n) is 1.28. The Morgan fingerprint density at radius 3 is 2.67 bits per heavy atom. The molecule has 0 saturated heterocycles. The highest BCUT2D eigenvalue weighted by molar-refractivity contribution is 7.94. The van der Waals surface area contributed by atoms with Crippen LogP contribution in [0.15, 0.2) is 14.8 Å². The number of rotatable bonds is 4. The summed E-state index contributed by atoms with van der Waals surface area (Å²) in [7, 11) is -3.63. The van der Waals surface area contributed by atoms with Gasteiger partial charge in [0.25, 0.3) is 16.0 Å². The van der Waals surface area contributed by atoms with Gasteiger partial charge in [-0.15, -0.1) is 11.3 Å². The Balaban J connectivity index is 2.26. The number of anilines is 1. The van der Waals surface area contributed by atoms with Crippen LogP contribution in [0.4, 0.5) is 5.95 Å². The molecule has 0 bridgehead atoms. The Labute approximate surface area is 109 Å². The van der Waals surface area contributed by atoms with E-state index in [-0.39, 0.29) is 10.2 Å². The third-order valence-electron chi connectivity index (χ3n) is 2.40. The first-order valence-electron chi connectivity index (χ1n) is 5.35. The van der Waals surface area contributed by atoms with Gasteiger partial charge in [-0.3, -0.25) is 0 Å². The highest BCUT2D eigenvalue weighted by Gasteiger charge is 2.20. The highest BCUT2D eigenvalue weighted by Crippen LogP contribution is 2.26. The van der Waals surface area contributed by atoms with Crippen LogP contribution in [0.5, 0.6) is 0 Å². The summed E-state index contributed by atoms with van der Waals surface area (Å²) in [4.78, 5) is 4.88. The van der Waals surface area contributed by atoms with Gasteiger partial charge in [0.2, 0.25) is 5.89 Å². The second kappa shape index (κ2) is 4.69. The standard InChI is InChI=1S/C10H13N3O3S2/c1-4-8-11-10(12-16-8)13-18(14,15)9-5-6(2)7(3)17-9/h5H,4H2,1-3H3,(H,12,13). The topological polar surface area (TPSA) is 85.1 Å². The molecule has 98 valence electrons. The minimum absolute atomic E-state index is 0.0319. The lowest BCUT2D eigenvalue weighted by atomic mass is 10.3. The van der Waals surface area contributed by atoms with Crippen molar-refractivity contribution in [1.29, 1.82) is 0 Å². The molecule has 0 aliphatic carbocycles. The molecule has 0 fully saturated rings. The van der Waals surface area contributed by atoms with E-state index in [1.165, 1.54) is 11.3 Å². The summed E-state index contributed by atoms with van der Waals surface area (Å²) in [6, 6.07) is 1.63. The first-order chi connectivity index (χ1) is 8.42. The lowest BCUT2D eigenvalue weighted by molar-refractivity contribution is 0.383. The van der Waals surface area contributed by atoms with Crippen LogP contribution in [0.3, 0.4) is 0 Å². The maximum Gasteiger partial charge on any atom is 0.277 e. The molecule has 0 spiro atoms. The van der Waals surface area contributed by atoms with E-state index in [2.05, 4.69) is 14.9 Å². The molecule has 0 saturated carbocycles. The Morgan fingerprint density at radius 2 is 2.17 bits per heavy atom. The number of hydrogen-bond acceptors (Lipinski definition) is 6. The molecule has 2 aromatic heterocycles. The molecule has 0 atom stereocenters. The number of nitrogens with zero attached hydrogens (tertiary/aromatic N) is 2. The Bertz CT molecular complexity index is 638. The Morgan fingerprint density at radius 1 is 1.44 bits per heavy atom. The Kier molecular flexibility index (Phi) is 3.40. The summed E-state index contributed by atoms with van der Waals surface area (Å²) in [5.74, 6) is 0.363. The molecule has 2 aromatic rings. The monoisotopic (exact) mass is 287 g/mol. The zero-order valence-corrected chi connectivity index (χ0v) is 11.9. The van der Waals surface area contributed by atoms with E-state index in [0.717, 1.165) is 10.4 Å². The molecular weight excluding hydrogens is 274 g/mol. The van der Waals surface area contributed by atoms with Crippen molar-refractivity contribution in [2.45, 2.75) is 31.4 Å². The fourth-order valence-corrected chi connectivity index (χ4v) is 3.73. The molecular formula is C10H13N3O3S2. The summed E-state index contributed by atoms with van der Waals surface area (Å²) in [6.07, 6.45) is 0.561. The molecule has 0 aliphatic heterocycles. The van der Waals surface area contributed by atoms with Crippen molar-refractivity contribution in [3.05, 3.63) is 22.4 Å². The van der Waals surface area contributed by atoms with Gasteiger partial charge < -0.3 is 4.52 Å². The Hall–Kier alpha value is -1.41. The van der Waals surface area contributed by atoms with E-state index in [9.17, 15) is 8.42 Å². The first kappa shape index (κ1) is 13.0. The predicted octanol–water partition coefficient (Wildman–Crippen LogP) is 2.11. The summed E-state index contributed by atoms with van der Waals surface area (Å²) in [6.45, 7) is 5.59. The zero-order valence-electron chi connectivity index (χ0n) is 10.2. The van der Waals surface area contributed by atoms with Crippen LogP contribution < -0.4 is 4.72 Å². The van der Waals surface area contributed by atoms with Crippen LogP contribution in [0.1, 0.15) is 23.3 Å². The van der Waals surface area contributed by atoms with Gasteiger partial charge in [-0.05, 0) is 30.6 Å². The average Bonchev–Trinajstić information content (AvgIpc) is 2.87. The minimum atomic E-state index is -3.63. The third-order valence-corrected chi connectivity index (χ3v) is 5.36. The second-order valence-electron chi connectivity index (χ2n) is 3.78. The molecule has 2 rings (SSSR count). The van der Waals surface area contributed by atoms with Crippen LogP contribution in [-0.4, -0.2) is 18.6 Å². The van der Waals surface area contributed by atoms with Crippen molar-refractivity contribution in [3.63, 3.8) is 0 Å². The number of sulfonamides is 1. The van der Waals surface area contributed by atoms with E-state index in [1.54, 1.807) is 6.07 Å². The van der Waals surface area contributed by atoms with Gasteiger partial charge in [-0.2, -0.15) is 4.98 Å². The fraction of sp³-hybridized carbons (Fsp3) is 0.400. The summed E-state index contributed by atoms with van der Waals surface area (Å²) in [5, 5.41) is 3.56. The van der Waals surface area contributed by atoms with Crippen molar-refractivity contribution in [3.8, 4) is 0 Å². The second-order valence-corrected chi connectivity index (χ2v) is 6.94. The van der Waals surface area contributed by atoms with Crippen molar-refractivity contribution in [2.75, 3.05) is 4.72 Å². The van der Waals surface area contributed by atoms with Crippen molar-refractivity contribution in [2.24, 2.45) is 0 Å². The average molecular weight is 287 g/mol. The first-order valence-corrected chi connectivity index (χ1v) is 7.65. The highest BCUT2D eigenvalue weighted by atomic mass is 32.2. The number of aryl methyl sites for hydroxylation is 3. The van der Waals surface area contributed by atoms with Crippen LogP contribution in [-0.2, 0) is 16.4 Å². The molecule has 6 nitrogen and oxygen atoms in total. The normalized spacial score (nSPS) is 11.7. The van der Waals surface area contributed by atoms with Gasteiger partial charge >= 0.3 is 0 Å². The van der Waals surface area contributed by atoms with Crippen molar-refractivity contribution < 1.29 is 12.9 Å². The van der Waals surface area contributed by atoms with Gasteiger partial charge in [0.15, 0.2) is 0 Å². The molecule has 0 unspecified atom stereocenters. The third kappa shape index (κ3) is 2.54. The molecule has 0 aliphatic rings. The van der Waals surface area contributed by atoms with Crippen LogP contribution >= 0.6 is 11.3 Å². The van der Waals surface area contributed by atoms with Crippen molar-refractivity contribution >= 4 is 27.3 Å². The van der Waals surface area contributed by atoms with E-state index in [1.807, 2.05) is 20.8 Å². The SMILES string of the molecule is CCc1nc(NS(=O)(=O)c2cc(C)c(C)s2)no1. The predicted molar refractivity (Wildman–Crippen MR) is 68.3 cm³/mol. The van der Waals surface area contributed by atoms with Gasteiger partial charge in [0, 0.05) is 11.3 Å². The maximum absolute atomic E-state index is 12.0. The van der Waals surface area contributed by atoms with E-state index >= 15 is 0 Å². The molecule has 2 heterocycles. The van der Waals surface area contributed by atoms with Crippen LogP contribution in [0.2, 0.25) is 0 Å². The number of hydrogen-bond donors (Lipinski definition) is 1. The van der Waals surface area contributed by atoms with E-state index < -0.39 is 10.0 Å². The zero-order chi connectivity index (χ0) is 13.3. The number of aromatic nitrogens is 2. The number of thiophene rings is 1. The molecule has 0 aromatic carbocycles. The quantitative estimate of drug-likeness (QED) is 0.931. The molecule has 0 radical (unpaired) electrons. The summed E-state index contributed by atoms with van der Waals surface area (Å²) in [5.41, 5.74) is 0.947. The van der Waals surface area contributed by atoms with Gasteiger partial charge in [-0.1, -0.05) is 6.92 Å². The smallest absolute Gasteiger partial charge is 0.277 e. The lowest BCUT2D eigenvalue weighted by Gasteiger charge is -1.99. The van der Waals surface area contributed by atoms with Crippen LogP contribution in [0.25, 0.3) is 0 Å². The number of nitrogens with one attached hydrogen (secondary N) is 1. The maximum atomic E-state index is 12.0.